The first-order valence-electron chi connectivity index (χ1n) is 11.2. The summed E-state index contributed by atoms with van der Waals surface area (Å²) in [5.41, 5.74) is 4.09. The number of aliphatic hydroxyl groups is 1. The molecule has 3 rings (SSSR count). The first-order valence-corrected chi connectivity index (χ1v) is 14.8. The Balaban J connectivity index is 0.000000501. The first-order chi connectivity index (χ1) is 14.8. The van der Waals surface area contributed by atoms with Crippen molar-refractivity contribution in [2.75, 3.05) is 18.8 Å². The molecule has 2 N–H and O–H groups in total. The molecule has 0 saturated heterocycles. The highest BCUT2D eigenvalue weighted by atomic mass is 33.1. The SMILES string of the molecule is CC(C)(CS)C(S)CNCC(O)C1Cc2cc3c(cc2O1)CSSC3.CC/C=C/CC. The van der Waals surface area contributed by atoms with Crippen molar-refractivity contribution in [2.45, 2.75) is 75.9 Å². The minimum Gasteiger partial charge on any atom is -0.487 e. The molecule has 2 heterocycles. The van der Waals surface area contributed by atoms with E-state index in [2.05, 4.69) is 82.6 Å². The van der Waals surface area contributed by atoms with E-state index in [0.29, 0.717) is 6.54 Å². The normalized spacial score (nSPS) is 19.8. The predicted molar refractivity (Wildman–Crippen MR) is 146 cm³/mol. The molecule has 3 unspecified atom stereocenters. The summed E-state index contributed by atoms with van der Waals surface area (Å²) in [6.45, 7) is 9.87. The Bertz CT molecular complexity index is 670. The van der Waals surface area contributed by atoms with Crippen molar-refractivity contribution in [3.8, 4) is 5.75 Å². The number of allylic oxidation sites excluding steroid dienone is 2. The van der Waals surface area contributed by atoms with Crippen LogP contribution in [0.3, 0.4) is 0 Å². The van der Waals surface area contributed by atoms with Crippen LogP contribution in [0.15, 0.2) is 24.3 Å². The molecule has 2 aliphatic heterocycles. The van der Waals surface area contributed by atoms with E-state index in [9.17, 15) is 5.11 Å². The fourth-order valence-corrected chi connectivity index (χ4v) is 6.12. The maximum Gasteiger partial charge on any atom is 0.130 e. The van der Waals surface area contributed by atoms with Crippen LogP contribution in [0, 0.1) is 5.41 Å². The third-order valence-corrected chi connectivity index (χ3v) is 9.59. The lowest BCUT2D eigenvalue weighted by molar-refractivity contribution is 0.0498. The minimum absolute atomic E-state index is 0.0549. The number of benzene rings is 1. The van der Waals surface area contributed by atoms with Crippen LogP contribution in [-0.2, 0) is 17.9 Å². The molecule has 1 aromatic rings. The Morgan fingerprint density at radius 1 is 1.13 bits per heavy atom. The zero-order valence-corrected chi connectivity index (χ0v) is 22.7. The summed E-state index contributed by atoms with van der Waals surface area (Å²) in [5, 5.41) is 14.1. The Morgan fingerprint density at radius 2 is 1.74 bits per heavy atom. The van der Waals surface area contributed by atoms with Crippen molar-refractivity contribution < 1.29 is 9.84 Å². The summed E-state index contributed by atoms with van der Waals surface area (Å²) in [7, 11) is 3.81. The second kappa shape index (κ2) is 13.7. The summed E-state index contributed by atoms with van der Waals surface area (Å²) in [6.07, 6.45) is 6.81. The Hall–Kier alpha value is 0.0800. The second-order valence-corrected chi connectivity index (χ2v) is 12.2. The topological polar surface area (TPSA) is 41.5 Å². The molecule has 0 spiro atoms. The van der Waals surface area contributed by atoms with E-state index in [0.717, 1.165) is 36.0 Å². The van der Waals surface area contributed by atoms with Crippen LogP contribution in [-0.4, -0.2) is 41.4 Å². The summed E-state index contributed by atoms with van der Waals surface area (Å²) in [6, 6.07) is 4.45. The van der Waals surface area contributed by atoms with Gasteiger partial charge >= 0.3 is 0 Å². The van der Waals surface area contributed by atoms with Crippen LogP contribution in [0.25, 0.3) is 0 Å². The van der Waals surface area contributed by atoms with Gasteiger partial charge in [0.15, 0.2) is 0 Å². The molecular weight excluding hydrogens is 463 g/mol. The van der Waals surface area contributed by atoms with E-state index < -0.39 is 6.10 Å². The summed E-state index contributed by atoms with van der Waals surface area (Å²) < 4.78 is 6.04. The molecule has 1 aromatic carbocycles. The van der Waals surface area contributed by atoms with Gasteiger partial charge in [0, 0.05) is 36.3 Å². The molecule has 0 bridgehead atoms. The molecule has 0 aliphatic carbocycles. The van der Waals surface area contributed by atoms with Gasteiger partial charge in [-0.1, -0.05) is 67.5 Å². The molecule has 31 heavy (non-hydrogen) atoms. The van der Waals surface area contributed by atoms with Gasteiger partial charge in [0.1, 0.15) is 18.0 Å². The molecule has 2 aliphatic rings. The molecule has 3 atom stereocenters. The highest BCUT2D eigenvalue weighted by Crippen LogP contribution is 2.41. The van der Waals surface area contributed by atoms with E-state index in [1.807, 2.05) is 21.6 Å². The highest BCUT2D eigenvalue weighted by molar-refractivity contribution is 8.76. The fourth-order valence-electron chi connectivity index (χ4n) is 3.32. The summed E-state index contributed by atoms with van der Waals surface area (Å²) in [5.74, 6) is 3.84. The van der Waals surface area contributed by atoms with E-state index in [1.54, 1.807) is 0 Å². The average Bonchev–Trinajstić information content (AvgIpc) is 3.19. The van der Waals surface area contributed by atoms with Gasteiger partial charge in [0.05, 0.1) is 0 Å². The predicted octanol–water partition coefficient (Wildman–Crippen LogP) is 5.95. The van der Waals surface area contributed by atoms with Gasteiger partial charge in [-0.2, -0.15) is 25.3 Å². The molecule has 0 saturated carbocycles. The first kappa shape index (κ1) is 27.3. The number of fused-ring (bicyclic) bond motifs is 2. The van der Waals surface area contributed by atoms with Crippen molar-refractivity contribution in [1.82, 2.24) is 5.32 Å². The lowest BCUT2D eigenvalue weighted by Gasteiger charge is -2.30. The fraction of sp³-hybridized carbons (Fsp3) is 0.667. The molecule has 0 fully saturated rings. The van der Waals surface area contributed by atoms with E-state index in [1.165, 1.54) is 29.5 Å². The molecule has 0 aromatic heterocycles. The van der Waals surface area contributed by atoms with Crippen molar-refractivity contribution in [3.05, 3.63) is 41.0 Å². The zero-order valence-electron chi connectivity index (χ0n) is 19.3. The third-order valence-electron chi connectivity index (χ3n) is 5.66. The van der Waals surface area contributed by atoms with Crippen molar-refractivity contribution in [3.63, 3.8) is 0 Å². The standard InChI is InChI=1S/C18H27NO2S4.C6H12/c1-18(2,10-22)17(23)7-19-6-14(20)16-4-11-3-12-8-24-25-9-13(12)5-15(11)21-16;1-3-5-6-4-2/h3,5,14,16-17,19-20,22-23H,4,6-10H2,1-2H3;5-6H,3-4H2,1-2H3/b;6-5+. The average molecular weight is 502 g/mol. The number of hydrogen-bond acceptors (Lipinski definition) is 7. The van der Waals surface area contributed by atoms with Crippen molar-refractivity contribution in [1.29, 1.82) is 0 Å². The van der Waals surface area contributed by atoms with Crippen LogP contribution >= 0.6 is 46.8 Å². The summed E-state index contributed by atoms with van der Waals surface area (Å²) >= 11 is 9.06. The van der Waals surface area contributed by atoms with Crippen LogP contribution < -0.4 is 10.1 Å². The number of rotatable bonds is 9. The maximum absolute atomic E-state index is 10.5. The Labute approximate surface area is 208 Å². The largest absolute Gasteiger partial charge is 0.487 e. The maximum atomic E-state index is 10.5. The molecule has 176 valence electrons. The van der Waals surface area contributed by atoms with Gasteiger partial charge in [-0.3, -0.25) is 0 Å². The summed E-state index contributed by atoms with van der Waals surface area (Å²) in [4.78, 5) is 0. The second-order valence-electron chi connectivity index (χ2n) is 8.79. The van der Waals surface area contributed by atoms with E-state index in [-0.39, 0.29) is 16.8 Å². The zero-order chi connectivity index (χ0) is 22.9. The third kappa shape index (κ3) is 8.42. The number of aliphatic hydroxyl groups excluding tert-OH is 1. The van der Waals surface area contributed by atoms with Crippen LogP contribution in [0.1, 0.15) is 57.2 Å². The molecule has 7 heteroatoms. The minimum atomic E-state index is -0.521. The van der Waals surface area contributed by atoms with E-state index in [4.69, 9.17) is 4.74 Å². The number of hydrogen-bond donors (Lipinski definition) is 4. The lowest BCUT2D eigenvalue weighted by atomic mass is 9.91. The van der Waals surface area contributed by atoms with E-state index >= 15 is 0 Å². The van der Waals surface area contributed by atoms with Gasteiger partial charge in [0.25, 0.3) is 0 Å². The van der Waals surface area contributed by atoms with Crippen molar-refractivity contribution in [2.24, 2.45) is 5.41 Å². The van der Waals surface area contributed by atoms with Crippen LogP contribution in [0.2, 0.25) is 0 Å². The molecular formula is C24H39NO2S4. The molecule has 0 amide bonds. The number of thiol groups is 2. The monoisotopic (exact) mass is 501 g/mol. The Kier molecular flexibility index (Phi) is 12.1. The molecule has 0 radical (unpaired) electrons. The Morgan fingerprint density at radius 3 is 2.32 bits per heavy atom. The van der Waals surface area contributed by atoms with Gasteiger partial charge in [0.2, 0.25) is 0 Å². The smallest absolute Gasteiger partial charge is 0.130 e. The van der Waals surface area contributed by atoms with Crippen LogP contribution in [0.5, 0.6) is 5.75 Å². The number of ether oxygens (including phenoxy) is 1. The van der Waals surface area contributed by atoms with Crippen LogP contribution in [0.4, 0.5) is 0 Å². The molecule has 3 nitrogen and oxygen atoms in total. The highest BCUT2D eigenvalue weighted by Gasteiger charge is 2.31. The van der Waals surface area contributed by atoms with Crippen molar-refractivity contribution >= 4 is 46.8 Å². The lowest BCUT2D eigenvalue weighted by Crippen LogP contribution is -2.43. The van der Waals surface area contributed by atoms with Gasteiger partial charge in [-0.25, -0.2) is 0 Å². The van der Waals surface area contributed by atoms with Gasteiger partial charge in [-0.05, 0) is 46.8 Å². The quantitative estimate of drug-likeness (QED) is 0.191. The van der Waals surface area contributed by atoms with Gasteiger partial charge in [-0.15, -0.1) is 0 Å². The van der Waals surface area contributed by atoms with Gasteiger partial charge < -0.3 is 15.2 Å². The number of nitrogens with one attached hydrogen (secondary N) is 1.